The van der Waals surface area contributed by atoms with Crippen molar-refractivity contribution < 1.29 is 4.79 Å². The number of hydrogen-bond donors (Lipinski definition) is 0. The van der Waals surface area contributed by atoms with Crippen LogP contribution in [0.15, 0.2) is 25.1 Å². The van der Waals surface area contributed by atoms with E-state index in [0.717, 1.165) is 32.5 Å². The molecule has 3 nitrogen and oxygen atoms in total. The molecule has 2 aliphatic rings. The molecule has 1 fully saturated rings. The van der Waals surface area contributed by atoms with E-state index in [1.807, 2.05) is 17.5 Å². The molecular weight excluding hydrogens is 344 g/mol. The molecule has 3 heterocycles. The van der Waals surface area contributed by atoms with Gasteiger partial charge in [-0.1, -0.05) is 0 Å². The van der Waals surface area contributed by atoms with Crippen LogP contribution in [0.2, 0.25) is 0 Å². The fourth-order valence-corrected chi connectivity index (χ4v) is 4.27. The van der Waals surface area contributed by atoms with Gasteiger partial charge in [0.1, 0.15) is 0 Å². The minimum atomic E-state index is -0.104. The number of carbonyl (C=O) groups excluding carboxylic acids is 1. The largest absolute Gasteiger partial charge is 0.351 e. The summed E-state index contributed by atoms with van der Waals surface area (Å²) in [6.45, 7) is 2.05. The molecule has 0 radical (unpaired) electrons. The van der Waals surface area contributed by atoms with Crippen molar-refractivity contribution in [3.05, 3.63) is 25.7 Å². The maximum Gasteiger partial charge on any atom is 0.286 e. The van der Waals surface area contributed by atoms with E-state index < -0.39 is 0 Å². The fraction of sp³-hybridized carbons (Fsp3) is 0.385. The van der Waals surface area contributed by atoms with E-state index in [-0.39, 0.29) is 5.91 Å². The van der Waals surface area contributed by atoms with E-state index in [9.17, 15) is 4.79 Å². The fourth-order valence-electron chi connectivity index (χ4n) is 2.17. The molecule has 0 aromatic carbocycles. The molecule has 0 spiro atoms. The summed E-state index contributed by atoms with van der Waals surface area (Å²) in [6.07, 6.45) is 5.61. The van der Waals surface area contributed by atoms with Crippen LogP contribution in [-0.2, 0) is 4.79 Å². The normalized spacial score (nSPS) is 22.2. The van der Waals surface area contributed by atoms with Gasteiger partial charge in [0.2, 0.25) is 0 Å². The third kappa shape index (κ3) is 3.12. The number of amidine groups is 1. The minimum absolute atomic E-state index is 0.104. The number of thioether (sulfide) groups is 1. The highest BCUT2D eigenvalue weighted by Gasteiger charge is 2.26. The number of aliphatic imine (C=N–C) groups is 1. The molecule has 2 aliphatic heterocycles. The van der Waals surface area contributed by atoms with Crippen molar-refractivity contribution in [3.8, 4) is 0 Å². The van der Waals surface area contributed by atoms with E-state index in [2.05, 4.69) is 25.8 Å². The van der Waals surface area contributed by atoms with Crippen LogP contribution in [-0.4, -0.2) is 29.1 Å². The molecule has 3 rings (SSSR count). The van der Waals surface area contributed by atoms with E-state index in [1.54, 1.807) is 11.3 Å². The molecular formula is C13H13BrN2OS2. The summed E-state index contributed by atoms with van der Waals surface area (Å²) in [6, 6.07) is 2.02. The average Bonchev–Trinajstić information content (AvgIpc) is 2.98. The van der Waals surface area contributed by atoms with Crippen LogP contribution in [0.3, 0.4) is 0 Å². The van der Waals surface area contributed by atoms with Gasteiger partial charge in [0.15, 0.2) is 5.17 Å². The Morgan fingerprint density at radius 1 is 1.32 bits per heavy atom. The molecule has 0 aliphatic carbocycles. The van der Waals surface area contributed by atoms with E-state index >= 15 is 0 Å². The van der Waals surface area contributed by atoms with Gasteiger partial charge in [0, 0.05) is 13.1 Å². The molecule has 1 aromatic heterocycles. The maximum absolute atomic E-state index is 11.9. The SMILES string of the molecule is O=C1N=C(N2CCCCC2)S/C1=C\c1csc(Br)c1. The second kappa shape index (κ2) is 5.81. The van der Waals surface area contributed by atoms with Crippen LogP contribution in [0.1, 0.15) is 24.8 Å². The van der Waals surface area contributed by atoms with Gasteiger partial charge < -0.3 is 4.90 Å². The monoisotopic (exact) mass is 356 g/mol. The molecule has 6 heteroatoms. The number of amides is 1. The van der Waals surface area contributed by atoms with E-state index in [4.69, 9.17) is 0 Å². The molecule has 0 N–H and O–H groups in total. The van der Waals surface area contributed by atoms with Crippen LogP contribution in [0, 0.1) is 0 Å². The molecule has 1 saturated heterocycles. The number of rotatable bonds is 1. The van der Waals surface area contributed by atoms with Crippen molar-refractivity contribution in [3.63, 3.8) is 0 Å². The number of piperidine rings is 1. The molecule has 100 valence electrons. The van der Waals surface area contributed by atoms with Gasteiger partial charge in [-0.3, -0.25) is 4.79 Å². The first-order valence-corrected chi connectivity index (χ1v) is 8.73. The number of thiophene rings is 1. The number of likely N-dealkylation sites (tertiary alicyclic amines) is 1. The van der Waals surface area contributed by atoms with Crippen LogP contribution in [0.25, 0.3) is 6.08 Å². The van der Waals surface area contributed by atoms with E-state index in [1.165, 1.54) is 31.0 Å². The summed E-state index contributed by atoms with van der Waals surface area (Å²) in [4.78, 5) is 19.1. The lowest BCUT2D eigenvalue weighted by Crippen LogP contribution is -2.33. The zero-order valence-electron chi connectivity index (χ0n) is 10.3. The van der Waals surface area contributed by atoms with Gasteiger partial charge in [0.25, 0.3) is 5.91 Å². The Morgan fingerprint density at radius 3 is 2.79 bits per heavy atom. The predicted octanol–water partition coefficient (Wildman–Crippen LogP) is 3.97. The molecule has 1 amide bonds. The third-order valence-corrected chi connectivity index (χ3v) is 5.69. The molecule has 0 bridgehead atoms. The number of carbonyl (C=O) groups is 1. The third-order valence-electron chi connectivity index (χ3n) is 3.12. The number of halogens is 1. The first kappa shape index (κ1) is 13.4. The van der Waals surface area contributed by atoms with Crippen molar-refractivity contribution in [2.24, 2.45) is 4.99 Å². The Bertz CT molecular complexity index is 559. The summed E-state index contributed by atoms with van der Waals surface area (Å²) in [5.41, 5.74) is 1.06. The van der Waals surface area contributed by atoms with Crippen LogP contribution in [0.4, 0.5) is 0 Å². The number of nitrogens with zero attached hydrogens (tertiary/aromatic N) is 2. The van der Waals surface area contributed by atoms with Crippen LogP contribution < -0.4 is 0 Å². The molecule has 0 atom stereocenters. The van der Waals surface area contributed by atoms with E-state index in [0.29, 0.717) is 0 Å². The van der Waals surface area contributed by atoms with Gasteiger partial charge in [-0.2, -0.15) is 4.99 Å². The molecule has 1 aromatic rings. The summed E-state index contributed by atoms with van der Waals surface area (Å²) < 4.78 is 1.08. The van der Waals surface area contributed by atoms with Crippen molar-refractivity contribution in [1.29, 1.82) is 0 Å². The molecule has 19 heavy (non-hydrogen) atoms. The Morgan fingerprint density at radius 2 is 2.11 bits per heavy atom. The highest BCUT2D eigenvalue weighted by atomic mass is 79.9. The maximum atomic E-state index is 11.9. The topological polar surface area (TPSA) is 32.7 Å². The highest BCUT2D eigenvalue weighted by molar-refractivity contribution is 9.11. The smallest absolute Gasteiger partial charge is 0.286 e. The molecule has 0 saturated carbocycles. The highest BCUT2D eigenvalue weighted by Crippen LogP contribution is 2.32. The Kier molecular flexibility index (Phi) is 4.10. The summed E-state index contributed by atoms with van der Waals surface area (Å²) in [5.74, 6) is -0.104. The van der Waals surface area contributed by atoms with Crippen molar-refractivity contribution >= 4 is 56.2 Å². The molecule has 0 unspecified atom stereocenters. The lowest BCUT2D eigenvalue weighted by molar-refractivity contribution is -0.113. The quantitative estimate of drug-likeness (QED) is 0.713. The predicted molar refractivity (Wildman–Crippen MR) is 85.5 cm³/mol. The van der Waals surface area contributed by atoms with Crippen molar-refractivity contribution in [2.45, 2.75) is 19.3 Å². The standard InChI is InChI=1S/C13H13BrN2OS2/c14-11-7-9(8-18-11)6-10-12(17)15-13(19-10)16-4-2-1-3-5-16/h6-8H,1-5H2/b10-6-. The van der Waals surface area contributed by atoms with Gasteiger partial charge in [-0.05, 0) is 70.0 Å². The first-order chi connectivity index (χ1) is 9.22. The zero-order valence-corrected chi connectivity index (χ0v) is 13.5. The zero-order chi connectivity index (χ0) is 13.2. The number of hydrogen-bond acceptors (Lipinski definition) is 4. The average molecular weight is 357 g/mol. The van der Waals surface area contributed by atoms with Crippen molar-refractivity contribution in [1.82, 2.24) is 4.90 Å². The summed E-state index contributed by atoms with van der Waals surface area (Å²) in [7, 11) is 0. The first-order valence-electron chi connectivity index (χ1n) is 6.24. The Hall–Kier alpha value is -0.590. The Balaban J connectivity index is 1.74. The van der Waals surface area contributed by atoms with Crippen LogP contribution in [0.5, 0.6) is 0 Å². The summed E-state index contributed by atoms with van der Waals surface area (Å²) >= 11 is 6.56. The van der Waals surface area contributed by atoms with Crippen LogP contribution >= 0.6 is 39.0 Å². The second-order valence-electron chi connectivity index (χ2n) is 4.54. The lowest BCUT2D eigenvalue weighted by atomic mass is 10.1. The van der Waals surface area contributed by atoms with Crippen molar-refractivity contribution in [2.75, 3.05) is 13.1 Å². The second-order valence-corrected chi connectivity index (χ2v) is 7.84. The van der Waals surface area contributed by atoms with Gasteiger partial charge in [0.05, 0.1) is 8.69 Å². The van der Waals surface area contributed by atoms with Gasteiger partial charge in [-0.25, -0.2) is 0 Å². The minimum Gasteiger partial charge on any atom is -0.351 e. The Labute approximate surface area is 128 Å². The van der Waals surface area contributed by atoms with Gasteiger partial charge >= 0.3 is 0 Å². The van der Waals surface area contributed by atoms with Gasteiger partial charge in [-0.15, -0.1) is 11.3 Å². The lowest BCUT2D eigenvalue weighted by Gasteiger charge is -2.27. The summed E-state index contributed by atoms with van der Waals surface area (Å²) in [5, 5.41) is 2.91.